The molecule has 3 amide bonds. The molecule has 0 unspecified atom stereocenters. The maximum atomic E-state index is 12.4. The number of ether oxygens (including phenoxy) is 3. The van der Waals surface area contributed by atoms with Crippen molar-refractivity contribution < 1.29 is 28.6 Å². The van der Waals surface area contributed by atoms with E-state index in [4.69, 9.17) is 0 Å². The Bertz CT molecular complexity index is 738. The highest BCUT2D eigenvalue weighted by molar-refractivity contribution is 5.67. The molecule has 0 aliphatic rings. The number of aromatic nitrogens is 3. The molecule has 1 aromatic heterocycles. The first-order valence-corrected chi connectivity index (χ1v) is 7.16. The molecular formula is C12H18N6O9. The third-order valence-corrected chi connectivity index (χ3v) is 3.09. The molecule has 0 aliphatic carbocycles. The molecule has 1 heterocycles. The topological polar surface area (TPSA) is 181 Å². The van der Waals surface area contributed by atoms with Crippen LogP contribution in [0.4, 0.5) is 14.4 Å². The van der Waals surface area contributed by atoms with Crippen molar-refractivity contribution in [1.29, 1.82) is 0 Å². The van der Waals surface area contributed by atoms with E-state index in [9.17, 15) is 28.8 Å². The lowest BCUT2D eigenvalue weighted by Gasteiger charge is -2.14. The summed E-state index contributed by atoms with van der Waals surface area (Å²) in [5.41, 5.74) is -3.40. The zero-order chi connectivity index (χ0) is 20.6. The lowest BCUT2D eigenvalue weighted by atomic mass is 10.7. The first kappa shape index (κ1) is 21.3. The largest absolute Gasteiger partial charge is 0.453 e. The Morgan fingerprint density at radius 2 is 0.852 bits per heavy atom. The highest BCUT2D eigenvalue weighted by Crippen LogP contribution is 1.79. The Balaban J connectivity index is 3.38. The Morgan fingerprint density at radius 1 is 0.630 bits per heavy atom. The molecular weight excluding hydrogens is 372 g/mol. The van der Waals surface area contributed by atoms with Crippen molar-refractivity contribution in [2.45, 2.75) is 20.0 Å². The summed E-state index contributed by atoms with van der Waals surface area (Å²) in [6, 6.07) is 0. The molecule has 0 fully saturated rings. The Hall–Kier alpha value is -3.78. The average molecular weight is 390 g/mol. The highest BCUT2D eigenvalue weighted by atomic mass is 16.5. The van der Waals surface area contributed by atoms with Crippen LogP contribution in [-0.2, 0) is 34.2 Å². The third-order valence-electron chi connectivity index (χ3n) is 3.09. The minimum absolute atomic E-state index is 0.482. The minimum atomic E-state index is -1.13. The zero-order valence-electron chi connectivity index (χ0n) is 14.6. The molecule has 15 heteroatoms. The maximum absolute atomic E-state index is 12.4. The van der Waals surface area contributed by atoms with Gasteiger partial charge >= 0.3 is 35.3 Å². The molecule has 0 radical (unpaired) electrons. The molecule has 0 atom stereocenters. The van der Waals surface area contributed by atoms with Gasteiger partial charge in [0.25, 0.3) is 0 Å². The van der Waals surface area contributed by atoms with Gasteiger partial charge in [0.1, 0.15) is 20.0 Å². The SMILES string of the molecule is COC(=O)NCn1c(=O)n(CNC(=O)OC)c(=O)n(CNC(=O)OC)c1=O. The van der Waals surface area contributed by atoms with Crippen LogP contribution < -0.4 is 33.0 Å². The average Bonchev–Trinajstić information content (AvgIpc) is 2.66. The quantitative estimate of drug-likeness (QED) is 0.430. The second-order valence-corrected chi connectivity index (χ2v) is 4.61. The van der Waals surface area contributed by atoms with E-state index in [-0.39, 0.29) is 0 Å². The van der Waals surface area contributed by atoms with Crippen LogP contribution in [0.25, 0.3) is 0 Å². The van der Waals surface area contributed by atoms with Crippen LogP contribution in [-0.4, -0.2) is 53.3 Å². The molecule has 0 aromatic carbocycles. The van der Waals surface area contributed by atoms with Crippen molar-refractivity contribution in [3.63, 3.8) is 0 Å². The van der Waals surface area contributed by atoms with E-state index in [1.54, 1.807) is 0 Å². The Labute approximate surface area is 150 Å². The predicted octanol–water partition coefficient (Wildman–Crippen LogP) is -2.89. The van der Waals surface area contributed by atoms with Crippen LogP contribution in [0.2, 0.25) is 0 Å². The van der Waals surface area contributed by atoms with E-state index >= 15 is 0 Å². The fourth-order valence-electron chi connectivity index (χ4n) is 1.74. The smallest absolute Gasteiger partial charge is 0.408 e. The molecule has 15 nitrogen and oxygen atoms in total. The number of carbonyl (C=O) groups is 3. The summed E-state index contributed by atoms with van der Waals surface area (Å²) < 4.78 is 14.4. The molecule has 0 saturated heterocycles. The van der Waals surface area contributed by atoms with Crippen LogP contribution in [0.15, 0.2) is 14.4 Å². The summed E-state index contributed by atoms with van der Waals surface area (Å²) in [4.78, 5) is 70.7. The van der Waals surface area contributed by atoms with Crippen molar-refractivity contribution in [2.24, 2.45) is 0 Å². The minimum Gasteiger partial charge on any atom is -0.453 e. The van der Waals surface area contributed by atoms with Gasteiger partial charge in [-0.25, -0.2) is 42.5 Å². The van der Waals surface area contributed by atoms with Gasteiger partial charge in [0, 0.05) is 0 Å². The summed E-state index contributed by atoms with van der Waals surface area (Å²) in [7, 11) is 3.20. The second-order valence-electron chi connectivity index (χ2n) is 4.61. The molecule has 150 valence electrons. The van der Waals surface area contributed by atoms with Crippen LogP contribution in [0, 0.1) is 0 Å². The molecule has 0 spiro atoms. The first-order chi connectivity index (χ1) is 12.8. The summed E-state index contributed by atoms with van der Waals surface area (Å²) in [5, 5.41) is 6.32. The van der Waals surface area contributed by atoms with Crippen molar-refractivity contribution in [3.05, 3.63) is 31.5 Å². The molecule has 1 rings (SSSR count). The van der Waals surface area contributed by atoms with Gasteiger partial charge in [-0.2, -0.15) is 0 Å². The van der Waals surface area contributed by atoms with Gasteiger partial charge in [-0.15, -0.1) is 0 Å². The van der Waals surface area contributed by atoms with Crippen molar-refractivity contribution in [1.82, 2.24) is 29.7 Å². The van der Waals surface area contributed by atoms with E-state index in [1.807, 2.05) is 0 Å². The standard InChI is InChI=1S/C12H18N6O9/c1-25-7(19)13-4-16-10(22)17(5-14-8(20)26-2)12(24)18(11(16)23)6-15-9(21)27-3/h4-6H2,1-3H3,(H,13,19)(H,14,20)(H,15,21). The predicted molar refractivity (Wildman–Crippen MR) is 85.8 cm³/mol. The highest BCUT2D eigenvalue weighted by Gasteiger charge is 2.17. The molecule has 27 heavy (non-hydrogen) atoms. The van der Waals surface area contributed by atoms with Gasteiger partial charge in [0.05, 0.1) is 21.3 Å². The lowest BCUT2D eigenvalue weighted by molar-refractivity contribution is 0.165. The van der Waals surface area contributed by atoms with Crippen molar-refractivity contribution in [3.8, 4) is 0 Å². The molecule has 3 N–H and O–H groups in total. The van der Waals surface area contributed by atoms with Crippen LogP contribution in [0.1, 0.15) is 0 Å². The lowest BCUT2D eigenvalue weighted by Crippen LogP contribution is -2.58. The van der Waals surface area contributed by atoms with Crippen molar-refractivity contribution >= 4 is 18.3 Å². The summed E-state index contributed by atoms with van der Waals surface area (Å²) >= 11 is 0. The Morgan fingerprint density at radius 3 is 1.04 bits per heavy atom. The maximum Gasteiger partial charge on any atom is 0.408 e. The summed E-state index contributed by atoms with van der Waals surface area (Å²) in [6.45, 7) is -1.91. The zero-order valence-corrected chi connectivity index (χ0v) is 14.6. The number of methoxy groups -OCH3 is 3. The monoisotopic (exact) mass is 390 g/mol. The normalized spacial score (nSPS) is 9.89. The van der Waals surface area contributed by atoms with E-state index in [1.165, 1.54) is 0 Å². The van der Waals surface area contributed by atoms with Crippen LogP contribution in [0.3, 0.4) is 0 Å². The number of nitrogens with one attached hydrogen (secondary N) is 3. The number of carbonyl (C=O) groups excluding carboxylic acids is 3. The molecule has 1 aromatic rings. The number of hydrogen-bond acceptors (Lipinski definition) is 9. The number of nitrogens with zero attached hydrogens (tertiary/aromatic N) is 3. The van der Waals surface area contributed by atoms with Gasteiger partial charge in [0.2, 0.25) is 0 Å². The van der Waals surface area contributed by atoms with E-state index in [0.29, 0.717) is 13.7 Å². The second kappa shape index (κ2) is 9.64. The Kier molecular flexibility index (Phi) is 7.59. The van der Waals surface area contributed by atoms with Gasteiger partial charge in [0.15, 0.2) is 0 Å². The van der Waals surface area contributed by atoms with E-state index in [2.05, 4.69) is 30.2 Å². The summed E-state index contributed by atoms with van der Waals surface area (Å²) in [5.74, 6) is 0. The van der Waals surface area contributed by atoms with Crippen LogP contribution >= 0.6 is 0 Å². The van der Waals surface area contributed by atoms with Crippen LogP contribution in [0.5, 0.6) is 0 Å². The fourth-order valence-corrected chi connectivity index (χ4v) is 1.74. The molecule has 0 saturated carbocycles. The van der Waals surface area contributed by atoms with Crippen molar-refractivity contribution in [2.75, 3.05) is 21.3 Å². The number of amides is 3. The van der Waals surface area contributed by atoms with E-state index in [0.717, 1.165) is 21.3 Å². The number of alkyl carbamates (subject to hydrolysis) is 3. The number of hydrogen-bond donors (Lipinski definition) is 3. The van der Waals surface area contributed by atoms with Gasteiger partial charge < -0.3 is 30.2 Å². The molecule has 0 aliphatic heterocycles. The third kappa shape index (κ3) is 5.35. The van der Waals surface area contributed by atoms with Gasteiger partial charge in [-0.1, -0.05) is 0 Å². The van der Waals surface area contributed by atoms with E-state index < -0.39 is 55.4 Å². The first-order valence-electron chi connectivity index (χ1n) is 7.16. The number of rotatable bonds is 6. The summed E-state index contributed by atoms with van der Waals surface area (Å²) in [6.07, 6.45) is -2.82. The van der Waals surface area contributed by atoms with Gasteiger partial charge in [-0.05, 0) is 0 Å². The molecule has 0 bridgehead atoms. The van der Waals surface area contributed by atoms with Gasteiger partial charge in [-0.3, -0.25) is 0 Å². The fraction of sp³-hybridized carbons (Fsp3) is 0.500.